The molecular formula is C12H13ClFN5OS. The number of halogens is 2. The lowest BCUT2D eigenvalue weighted by Crippen LogP contribution is -2.21. The van der Waals surface area contributed by atoms with Crippen LogP contribution in [-0.2, 0) is 11.2 Å². The highest BCUT2D eigenvalue weighted by Gasteiger charge is 2.08. The standard InChI is InChI=1S/C12H12FN5OS.ClH/c13-7-1-3-8(4-2-7)16-10(19)5-9-6-20-12(17-9)18-11(14)15;/h1-4,6H,5H2,(H,16,19)(H4,14,15,17,18);1H. The van der Waals surface area contributed by atoms with E-state index < -0.39 is 0 Å². The minimum atomic E-state index is -0.357. The normalized spacial score (nSPS) is 9.57. The first-order chi connectivity index (χ1) is 9.52. The van der Waals surface area contributed by atoms with Gasteiger partial charge in [-0.1, -0.05) is 0 Å². The summed E-state index contributed by atoms with van der Waals surface area (Å²) in [6.07, 6.45) is 0.0911. The molecule has 0 bridgehead atoms. The summed E-state index contributed by atoms with van der Waals surface area (Å²) in [6, 6.07) is 5.52. The molecule has 0 atom stereocenters. The lowest BCUT2D eigenvalue weighted by Gasteiger charge is -2.03. The van der Waals surface area contributed by atoms with E-state index in [-0.39, 0.29) is 36.5 Å². The minimum Gasteiger partial charge on any atom is -0.370 e. The van der Waals surface area contributed by atoms with Gasteiger partial charge in [-0.05, 0) is 24.3 Å². The number of rotatable bonds is 4. The third-order valence-corrected chi connectivity index (χ3v) is 3.02. The second-order valence-electron chi connectivity index (χ2n) is 3.89. The zero-order chi connectivity index (χ0) is 14.5. The molecule has 0 unspecified atom stereocenters. The van der Waals surface area contributed by atoms with Crippen LogP contribution in [0.25, 0.3) is 0 Å². The molecular weight excluding hydrogens is 317 g/mol. The van der Waals surface area contributed by atoms with Crippen molar-refractivity contribution in [3.8, 4) is 0 Å². The molecule has 2 rings (SSSR count). The number of aromatic nitrogens is 1. The van der Waals surface area contributed by atoms with Crippen molar-refractivity contribution < 1.29 is 9.18 Å². The number of nitrogens with zero attached hydrogens (tertiary/aromatic N) is 2. The molecule has 9 heteroatoms. The minimum absolute atomic E-state index is 0. The van der Waals surface area contributed by atoms with E-state index in [9.17, 15) is 9.18 Å². The van der Waals surface area contributed by atoms with Crippen LogP contribution in [0.2, 0.25) is 0 Å². The van der Waals surface area contributed by atoms with Crippen LogP contribution in [-0.4, -0.2) is 16.9 Å². The van der Waals surface area contributed by atoms with Crippen LogP contribution in [0.1, 0.15) is 5.69 Å². The predicted octanol–water partition coefficient (Wildman–Crippen LogP) is 1.79. The maximum absolute atomic E-state index is 12.7. The highest BCUT2D eigenvalue weighted by molar-refractivity contribution is 7.13. The number of amides is 1. The molecule has 0 saturated carbocycles. The fourth-order valence-electron chi connectivity index (χ4n) is 1.44. The van der Waals surface area contributed by atoms with Gasteiger partial charge in [0.05, 0.1) is 12.1 Å². The maximum atomic E-state index is 12.7. The summed E-state index contributed by atoms with van der Waals surface area (Å²) in [4.78, 5) is 19.7. The van der Waals surface area contributed by atoms with Crippen molar-refractivity contribution in [1.29, 1.82) is 0 Å². The van der Waals surface area contributed by atoms with Gasteiger partial charge in [-0.25, -0.2) is 9.37 Å². The number of carbonyl (C=O) groups is 1. The molecule has 2 aromatic rings. The van der Waals surface area contributed by atoms with Gasteiger partial charge in [0.25, 0.3) is 0 Å². The molecule has 0 spiro atoms. The molecule has 1 aromatic carbocycles. The third kappa shape index (κ3) is 5.36. The Morgan fingerprint density at radius 1 is 1.33 bits per heavy atom. The lowest BCUT2D eigenvalue weighted by molar-refractivity contribution is -0.115. The zero-order valence-corrected chi connectivity index (χ0v) is 12.4. The predicted molar refractivity (Wildman–Crippen MR) is 83.6 cm³/mol. The van der Waals surface area contributed by atoms with Crippen LogP contribution >= 0.6 is 23.7 Å². The summed E-state index contributed by atoms with van der Waals surface area (Å²) in [5.41, 5.74) is 11.6. The van der Waals surface area contributed by atoms with Gasteiger partial charge in [0.2, 0.25) is 11.0 Å². The van der Waals surface area contributed by atoms with E-state index in [4.69, 9.17) is 11.5 Å². The SMILES string of the molecule is Cl.NC(N)=Nc1nc(CC(=O)Nc2ccc(F)cc2)cs1. The Morgan fingerprint density at radius 3 is 2.62 bits per heavy atom. The Labute approximate surface area is 130 Å². The average Bonchev–Trinajstić information content (AvgIpc) is 2.78. The number of guanidine groups is 1. The van der Waals surface area contributed by atoms with Gasteiger partial charge in [-0.3, -0.25) is 4.79 Å². The van der Waals surface area contributed by atoms with E-state index in [1.165, 1.54) is 35.6 Å². The molecule has 1 aromatic heterocycles. The second kappa shape index (κ2) is 7.55. The van der Waals surface area contributed by atoms with Gasteiger partial charge in [0, 0.05) is 11.1 Å². The molecule has 21 heavy (non-hydrogen) atoms. The highest BCUT2D eigenvalue weighted by atomic mass is 35.5. The average molecular weight is 330 g/mol. The number of carbonyl (C=O) groups excluding carboxylic acids is 1. The van der Waals surface area contributed by atoms with E-state index in [1.807, 2.05) is 0 Å². The number of thiazole rings is 1. The molecule has 6 nitrogen and oxygen atoms in total. The number of anilines is 1. The van der Waals surface area contributed by atoms with Crippen LogP contribution in [0.3, 0.4) is 0 Å². The molecule has 1 heterocycles. The quantitative estimate of drug-likeness (QED) is 0.587. The Bertz CT molecular complexity index is 639. The fourth-order valence-corrected chi connectivity index (χ4v) is 2.15. The van der Waals surface area contributed by atoms with Crippen LogP contribution < -0.4 is 16.8 Å². The molecule has 1 amide bonds. The van der Waals surface area contributed by atoms with E-state index in [0.29, 0.717) is 16.5 Å². The number of nitrogens with two attached hydrogens (primary N) is 2. The van der Waals surface area contributed by atoms with Gasteiger partial charge in [-0.2, -0.15) is 4.99 Å². The van der Waals surface area contributed by atoms with Crippen molar-refractivity contribution in [3.63, 3.8) is 0 Å². The van der Waals surface area contributed by atoms with Crippen molar-refractivity contribution in [3.05, 3.63) is 41.2 Å². The summed E-state index contributed by atoms with van der Waals surface area (Å²) in [6.45, 7) is 0. The first-order valence-electron chi connectivity index (χ1n) is 5.62. The van der Waals surface area contributed by atoms with Crippen LogP contribution in [0.15, 0.2) is 34.6 Å². The van der Waals surface area contributed by atoms with Gasteiger partial charge < -0.3 is 16.8 Å². The summed E-state index contributed by atoms with van der Waals surface area (Å²) in [7, 11) is 0. The fraction of sp³-hybridized carbons (Fsp3) is 0.0833. The Balaban J connectivity index is 0.00000220. The summed E-state index contributed by atoms with van der Waals surface area (Å²) < 4.78 is 12.7. The van der Waals surface area contributed by atoms with Crippen LogP contribution in [0.5, 0.6) is 0 Å². The van der Waals surface area contributed by atoms with Gasteiger partial charge >= 0.3 is 0 Å². The van der Waals surface area contributed by atoms with Crippen molar-refractivity contribution in [2.45, 2.75) is 6.42 Å². The van der Waals surface area contributed by atoms with Crippen molar-refractivity contribution in [2.75, 3.05) is 5.32 Å². The number of hydrogen-bond donors (Lipinski definition) is 3. The largest absolute Gasteiger partial charge is 0.370 e. The van der Waals surface area contributed by atoms with Gasteiger partial charge in [-0.15, -0.1) is 23.7 Å². The van der Waals surface area contributed by atoms with E-state index in [1.54, 1.807) is 5.38 Å². The molecule has 0 aliphatic heterocycles. The van der Waals surface area contributed by atoms with Crippen LogP contribution in [0, 0.1) is 5.82 Å². The maximum Gasteiger partial charge on any atom is 0.230 e. The topological polar surface area (TPSA) is 106 Å². The van der Waals surface area contributed by atoms with Crippen molar-refractivity contribution in [1.82, 2.24) is 4.98 Å². The number of benzene rings is 1. The molecule has 0 aliphatic rings. The first kappa shape index (κ1) is 16.9. The summed E-state index contributed by atoms with van der Waals surface area (Å²) >= 11 is 1.24. The monoisotopic (exact) mass is 329 g/mol. The molecule has 112 valence electrons. The van der Waals surface area contributed by atoms with Gasteiger partial charge in [0.1, 0.15) is 5.82 Å². The van der Waals surface area contributed by atoms with Crippen molar-refractivity contribution in [2.24, 2.45) is 16.5 Å². The highest BCUT2D eigenvalue weighted by Crippen LogP contribution is 2.19. The third-order valence-electron chi connectivity index (χ3n) is 2.23. The first-order valence-corrected chi connectivity index (χ1v) is 6.50. The number of hydrogen-bond acceptors (Lipinski definition) is 4. The van der Waals surface area contributed by atoms with Crippen LogP contribution in [0.4, 0.5) is 15.2 Å². The molecule has 0 aliphatic carbocycles. The van der Waals surface area contributed by atoms with E-state index in [0.717, 1.165) is 0 Å². The zero-order valence-electron chi connectivity index (χ0n) is 10.7. The Kier molecular flexibility index (Phi) is 6.07. The smallest absolute Gasteiger partial charge is 0.230 e. The summed E-state index contributed by atoms with van der Waals surface area (Å²) in [5.74, 6) is -0.691. The molecule has 0 saturated heterocycles. The Hall–Kier alpha value is -2.19. The van der Waals surface area contributed by atoms with Gasteiger partial charge in [0.15, 0.2) is 5.96 Å². The number of nitrogens with one attached hydrogen (secondary N) is 1. The summed E-state index contributed by atoms with van der Waals surface area (Å²) in [5, 5.41) is 4.74. The lowest BCUT2D eigenvalue weighted by atomic mass is 10.3. The van der Waals surface area contributed by atoms with Crippen molar-refractivity contribution >= 4 is 46.4 Å². The molecule has 0 fully saturated rings. The Morgan fingerprint density at radius 2 is 2.00 bits per heavy atom. The van der Waals surface area contributed by atoms with E-state index >= 15 is 0 Å². The molecule has 0 radical (unpaired) electrons. The number of aliphatic imine (C=N–C) groups is 1. The second-order valence-corrected chi connectivity index (χ2v) is 4.73. The van der Waals surface area contributed by atoms with E-state index in [2.05, 4.69) is 15.3 Å². The molecule has 5 N–H and O–H groups in total.